The van der Waals surface area contributed by atoms with Crippen LogP contribution >= 0.6 is 11.3 Å². The molecule has 0 atom stereocenters. The Bertz CT molecular complexity index is 367. The van der Waals surface area contributed by atoms with Gasteiger partial charge in [0.2, 0.25) is 5.96 Å². The Morgan fingerprint density at radius 3 is 2.75 bits per heavy atom. The van der Waals surface area contributed by atoms with Gasteiger partial charge in [-0.1, -0.05) is 6.07 Å². The maximum Gasteiger partial charge on any atom is 0.218 e. The normalized spacial score (nSPS) is 12.9. The summed E-state index contributed by atoms with van der Waals surface area (Å²) in [6.07, 6.45) is 0.885. The summed E-state index contributed by atoms with van der Waals surface area (Å²) in [5.74, 6) is 0.583. The molecule has 0 saturated heterocycles. The molecular formula is C10H17N5S. The van der Waals surface area contributed by atoms with Crippen molar-refractivity contribution < 1.29 is 0 Å². The molecule has 1 rings (SSSR count). The molecule has 0 radical (unpaired) electrons. The number of nitrogens with zero attached hydrogens (tertiary/aromatic N) is 3. The number of rotatable bonds is 3. The van der Waals surface area contributed by atoms with Crippen molar-refractivity contribution in [2.45, 2.75) is 6.42 Å². The van der Waals surface area contributed by atoms with Crippen LogP contribution in [0.1, 0.15) is 4.88 Å². The fourth-order valence-electron chi connectivity index (χ4n) is 0.988. The van der Waals surface area contributed by atoms with Gasteiger partial charge in [-0.05, 0) is 11.4 Å². The highest BCUT2D eigenvalue weighted by Gasteiger charge is 1.96. The van der Waals surface area contributed by atoms with Gasteiger partial charge in [0, 0.05) is 31.9 Å². The van der Waals surface area contributed by atoms with Crippen molar-refractivity contribution >= 4 is 23.3 Å². The van der Waals surface area contributed by atoms with Crippen LogP contribution in [0, 0.1) is 0 Å². The first-order valence-electron chi connectivity index (χ1n) is 4.93. The summed E-state index contributed by atoms with van der Waals surface area (Å²) in [6.45, 7) is 0.635. The number of hydrogen-bond donors (Lipinski definition) is 2. The second-order valence-corrected chi connectivity index (χ2v) is 4.47. The summed E-state index contributed by atoms with van der Waals surface area (Å²) < 4.78 is 0. The molecule has 0 aliphatic heterocycles. The molecule has 0 unspecified atom stereocenters. The molecule has 1 aromatic rings. The highest BCUT2D eigenvalue weighted by molar-refractivity contribution is 7.09. The van der Waals surface area contributed by atoms with E-state index in [4.69, 9.17) is 11.5 Å². The van der Waals surface area contributed by atoms with Crippen LogP contribution in [0.15, 0.2) is 27.5 Å². The summed E-state index contributed by atoms with van der Waals surface area (Å²) in [5, 5.41) is 2.05. The quantitative estimate of drug-likeness (QED) is 0.595. The second-order valence-electron chi connectivity index (χ2n) is 3.43. The van der Waals surface area contributed by atoms with Crippen LogP contribution in [-0.4, -0.2) is 37.5 Å². The van der Waals surface area contributed by atoms with E-state index in [1.165, 1.54) is 4.88 Å². The first kappa shape index (κ1) is 12.5. The van der Waals surface area contributed by atoms with Gasteiger partial charge in [0.1, 0.15) is 0 Å². The lowest BCUT2D eigenvalue weighted by atomic mass is 10.3. The summed E-state index contributed by atoms with van der Waals surface area (Å²) >= 11 is 1.71. The molecule has 0 saturated carbocycles. The fraction of sp³-hybridized carbons (Fsp3) is 0.400. The van der Waals surface area contributed by atoms with Gasteiger partial charge in [-0.2, -0.15) is 4.99 Å². The van der Waals surface area contributed by atoms with Crippen molar-refractivity contribution in [1.29, 1.82) is 0 Å². The summed E-state index contributed by atoms with van der Waals surface area (Å²) in [4.78, 5) is 11.1. The van der Waals surface area contributed by atoms with E-state index in [1.807, 2.05) is 11.4 Å². The average molecular weight is 239 g/mol. The van der Waals surface area contributed by atoms with Crippen molar-refractivity contribution in [3.63, 3.8) is 0 Å². The van der Waals surface area contributed by atoms with Crippen molar-refractivity contribution in [3.8, 4) is 0 Å². The van der Waals surface area contributed by atoms with Crippen LogP contribution in [0.4, 0.5) is 0 Å². The SMILES string of the molecule is CN(C)C(N)=NC(N)=NCCc1cccs1. The molecule has 0 aromatic carbocycles. The Kier molecular flexibility index (Phi) is 4.78. The zero-order chi connectivity index (χ0) is 12.0. The zero-order valence-corrected chi connectivity index (χ0v) is 10.4. The van der Waals surface area contributed by atoms with E-state index >= 15 is 0 Å². The van der Waals surface area contributed by atoms with E-state index in [0.717, 1.165) is 6.42 Å². The van der Waals surface area contributed by atoms with Crippen molar-refractivity contribution in [2.75, 3.05) is 20.6 Å². The largest absolute Gasteiger partial charge is 0.369 e. The van der Waals surface area contributed by atoms with Gasteiger partial charge in [-0.25, -0.2) is 0 Å². The number of hydrogen-bond acceptors (Lipinski definition) is 2. The highest BCUT2D eigenvalue weighted by atomic mass is 32.1. The number of thiophene rings is 1. The number of aliphatic imine (C=N–C) groups is 2. The van der Waals surface area contributed by atoms with Crippen LogP contribution in [0.25, 0.3) is 0 Å². The first-order chi connectivity index (χ1) is 7.59. The van der Waals surface area contributed by atoms with Gasteiger partial charge < -0.3 is 16.4 Å². The molecule has 1 aromatic heterocycles. The minimum atomic E-state index is 0.225. The Labute approximate surface area is 99.5 Å². The lowest BCUT2D eigenvalue weighted by Crippen LogP contribution is -2.32. The molecule has 0 aliphatic rings. The van der Waals surface area contributed by atoms with Crippen LogP contribution < -0.4 is 11.5 Å². The van der Waals surface area contributed by atoms with Gasteiger partial charge in [0.25, 0.3) is 0 Å². The fourth-order valence-corrected chi connectivity index (χ4v) is 1.69. The smallest absolute Gasteiger partial charge is 0.218 e. The van der Waals surface area contributed by atoms with Gasteiger partial charge in [-0.3, -0.25) is 4.99 Å². The third-order valence-corrected chi connectivity index (χ3v) is 2.84. The van der Waals surface area contributed by atoms with Crippen molar-refractivity contribution in [3.05, 3.63) is 22.4 Å². The van der Waals surface area contributed by atoms with Crippen LogP contribution in [0.5, 0.6) is 0 Å². The lowest BCUT2D eigenvalue weighted by molar-refractivity contribution is 0.615. The van der Waals surface area contributed by atoms with E-state index in [-0.39, 0.29) is 5.96 Å². The molecule has 4 N–H and O–H groups in total. The van der Waals surface area contributed by atoms with Crippen molar-refractivity contribution in [2.24, 2.45) is 21.5 Å². The molecule has 1 heterocycles. The zero-order valence-electron chi connectivity index (χ0n) is 9.55. The summed E-state index contributed by atoms with van der Waals surface area (Å²) in [5.41, 5.74) is 11.2. The lowest BCUT2D eigenvalue weighted by Gasteiger charge is -2.09. The van der Waals surface area contributed by atoms with Crippen LogP contribution in [0.2, 0.25) is 0 Å². The minimum Gasteiger partial charge on any atom is -0.369 e. The predicted molar refractivity (Wildman–Crippen MR) is 69.8 cm³/mol. The summed E-state index contributed by atoms with van der Waals surface area (Å²) in [7, 11) is 3.61. The topological polar surface area (TPSA) is 80.0 Å². The third-order valence-electron chi connectivity index (χ3n) is 1.90. The molecule has 16 heavy (non-hydrogen) atoms. The average Bonchev–Trinajstić information content (AvgIpc) is 2.70. The van der Waals surface area contributed by atoms with E-state index in [2.05, 4.69) is 16.1 Å². The third kappa shape index (κ3) is 4.31. The van der Waals surface area contributed by atoms with Crippen LogP contribution in [-0.2, 0) is 6.42 Å². The summed E-state index contributed by atoms with van der Waals surface area (Å²) in [6, 6.07) is 4.10. The Morgan fingerprint density at radius 2 is 2.19 bits per heavy atom. The molecule has 0 spiro atoms. The van der Waals surface area contributed by atoms with Gasteiger partial charge in [0.15, 0.2) is 5.96 Å². The molecule has 0 aliphatic carbocycles. The van der Waals surface area contributed by atoms with Crippen LogP contribution in [0.3, 0.4) is 0 Å². The van der Waals surface area contributed by atoms with Gasteiger partial charge in [-0.15, -0.1) is 11.3 Å². The predicted octanol–water partition coefficient (Wildman–Crippen LogP) is 0.482. The molecule has 0 bridgehead atoms. The maximum absolute atomic E-state index is 5.61. The molecule has 88 valence electrons. The van der Waals surface area contributed by atoms with Gasteiger partial charge >= 0.3 is 0 Å². The Morgan fingerprint density at radius 1 is 1.44 bits per heavy atom. The molecular weight excluding hydrogens is 222 g/mol. The highest BCUT2D eigenvalue weighted by Crippen LogP contribution is 2.08. The molecule has 5 nitrogen and oxygen atoms in total. The minimum absolute atomic E-state index is 0.225. The molecule has 0 amide bonds. The standard InChI is InChI=1S/C10H17N5S/c1-15(2)10(12)14-9(11)13-6-5-8-4-3-7-16-8/h3-4,7H,5-6H2,1-2H3,(H4,11,12,13,14). The first-order valence-corrected chi connectivity index (χ1v) is 5.81. The Balaban J connectivity index is 2.42. The molecule has 0 fully saturated rings. The maximum atomic E-state index is 5.61. The number of nitrogens with two attached hydrogens (primary N) is 2. The van der Waals surface area contributed by atoms with E-state index in [9.17, 15) is 0 Å². The van der Waals surface area contributed by atoms with E-state index in [1.54, 1.807) is 30.3 Å². The Hall–Kier alpha value is -1.56. The van der Waals surface area contributed by atoms with E-state index in [0.29, 0.717) is 12.5 Å². The van der Waals surface area contributed by atoms with Gasteiger partial charge in [0.05, 0.1) is 0 Å². The van der Waals surface area contributed by atoms with E-state index < -0.39 is 0 Å². The second kappa shape index (κ2) is 6.12. The van der Waals surface area contributed by atoms with Crippen molar-refractivity contribution in [1.82, 2.24) is 4.90 Å². The molecule has 6 heteroatoms. The monoisotopic (exact) mass is 239 g/mol. The number of guanidine groups is 2.